The maximum Gasteiger partial charge on any atom is 0.0926 e. The van der Waals surface area contributed by atoms with Gasteiger partial charge in [-0.15, -0.1) is 11.3 Å². The van der Waals surface area contributed by atoms with Crippen LogP contribution in [0.25, 0.3) is 0 Å². The number of ether oxygens (including phenoxy) is 1. The summed E-state index contributed by atoms with van der Waals surface area (Å²) in [5.74, 6) is 0. The number of nitrogens with one attached hydrogen (secondary N) is 1. The number of methoxy groups -OCH3 is 1. The van der Waals surface area contributed by atoms with Crippen molar-refractivity contribution in [3.8, 4) is 0 Å². The van der Waals surface area contributed by atoms with Crippen LogP contribution in [-0.2, 0) is 17.7 Å². The second-order valence-corrected chi connectivity index (χ2v) is 6.04. The van der Waals surface area contributed by atoms with Crippen molar-refractivity contribution in [1.82, 2.24) is 10.3 Å². The van der Waals surface area contributed by atoms with Crippen LogP contribution in [0.5, 0.6) is 0 Å². The molecule has 1 aromatic heterocycles. The first-order valence-electron chi connectivity index (χ1n) is 6.20. The Hall–Kier alpha value is -0.450. The summed E-state index contributed by atoms with van der Waals surface area (Å²) in [6.45, 7) is 9.35. The van der Waals surface area contributed by atoms with Crippen molar-refractivity contribution >= 4 is 11.3 Å². The van der Waals surface area contributed by atoms with Gasteiger partial charge in [-0.2, -0.15) is 0 Å². The van der Waals surface area contributed by atoms with Gasteiger partial charge in [0.1, 0.15) is 0 Å². The van der Waals surface area contributed by atoms with Crippen LogP contribution in [0, 0.1) is 5.41 Å². The number of nitrogens with zero attached hydrogens (tertiary/aromatic N) is 1. The topological polar surface area (TPSA) is 34.2 Å². The molecule has 1 N–H and O–H groups in total. The van der Waals surface area contributed by atoms with Gasteiger partial charge < -0.3 is 10.1 Å². The molecule has 0 saturated heterocycles. The number of hydrogen-bond donors (Lipinski definition) is 1. The van der Waals surface area contributed by atoms with Gasteiger partial charge in [0, 0.05) is 32.2 Å². The third kappa shape index (κ3) is 5.61. The van der Waals surface area contributed by atoms with Crippen molar-refractivity contribution in [2.24, 2.45) is 5.41 Å². The molecule has 1 heterocycles. The fraction of sp³-hybridized carbons (Fsp3) is 0.769. The van der Waals surface area contributed by atoms with Crippen molar-refractivity contribution in [3.05, 3.63) is 16.1 Å². The monoisotopic (exact) mass is 256 g/mol. The third-order valence-electron chi connectivity index (χ3n) is 2.79. The first-order valence-corrected chi connectivity index (χ1v) is 7.08. The molecule has 4 heteroatoms. The maximum atomic E-state index is 5.12. The number of aromatic nitrogens is 1. The van der Waals surface area contributed by atoms with Gasteiger partial charge in [0.2, 0.25) is 0 Å². The molecule has 0 atom stereocenters. The van der Waals surface area contributed by atoms with Crippen LogP contribution in [0.2, 0.25) is 0 Å². The zero-order chi connectivity index (χ0) is 12.7. The molecule has 1 rings (SSSR count). The lowest BCUT2D eigenvalue weighted by atomic mass is 9.90. The molecule has 0 radical (unpaired) electrons. The minimum Gasteiger partial charge on any atom is -0.385 e. The zero-order valence-electron chi connectivity index (χ0n) is 11.4. The fourth-order valence-electron chi connectivity index (χ4n) is 1.59. The second-order valence-electron chi connectivity index (χ2n) is 5.10. The molecule has 0 fully saturated rings. The van der Waals surface area contributed by atoms with E-state index in [9.17, 15) is 0 Å². The van der Waals surface area contributed by atoms with E-state index in [1.165, 1.54) is 5.01 Å². The van der Waals surface area contributed by atoms with Crippen LogP contribution < -0.4 is 5.32 Å². The van der Waals surface area contributed by atoms with Gasteiger partial charge in [-0.05, 0) is 18.3 Å². The highest BCUT2D eigenvalue weighted by Gasteiger charge is 2.16. The summed E-state index contributed by atoms with van der Waals surface area (Å²) in [6, 6.07) is 0. The molecule has 0 spiro atoms. The highest BCUT2D eigenvalue weighted by atomic mass is 32.1. The molecule has 98 valence electrons. The minimum atomic E-state index is 0.277. The van der Waals surface area contributed by atoms with E-state index >= 15 is 0 Å². The highest BCUT2D eigenvalue weighted by molar-refractivity contribution is 7.09. The van der Waals surface area contributed by atoms with Crippen molar-refractivity contribution in [2.75, 3.05) is 20.3 Å². The molecule has 1 aromatic rings. The van der Waals surface area contributed by atoms with Crippen molar-refractivity contribution < 1.29 is 4.74 Å². The Balaban J connectivity index is 2.26. The Morgan fingerprint density at radius 2 is 2.24 bits per heavy atom. The van der Waals surface area contributed by atoms with Gasteiger partial charge in [-0.3, -0.25) is 0 Å². The van der Waals surface area contributed by atoms with Gasteiger partial charge in [-0.25, -0.2) is 4.98 Å². The summed E-state index contributed by atoms with van der Waals surface area (Å²) in [5.41, 5.74) is 1.44. The van der Waals surface area contributed by atoms with Gasteiger partial charge in [0.15, 0.2) is 0 Å². The van der Waals surface area contributed by atoms with E-state index in [-0.39, 0.29) is 5.41 Å². The zero-order valence-corrected chi connectivity index (χ0v) is 12.2. The van der Waals surface area contributed by atoms with E-state index in [0.717, 1.165) is 38.2 Å². The molecule has 0 aromatic carbocycles. The number of rotatable bonds is 8. The predicted octanol–water partition coefficient (Wildman–Crippen LogP) is 2.86. The summed E-state index contributed by atoms with van der Waals surface area (Å²) in [7, 11) is 1.76. The van der Waals surface area contributed by atoms with Gasteiger partial charge >= 0.3 is 0 Å². The van der Waals surface area contributed by atoms with Crippen molar-refractivity contribution in [2.45, 2.75) is 40.2 Å². The molecule has 0 aliphatic carbocycles. The minimum absolute atomic E-state index is 0.277. The van der Waals surface area contributed by atoms with E-state index in [0.29, 0.717) is 0 Å². The average Bonchev–Trinajstić information content (AvgIpc) is 2.74. The molecule has 0 unspecified atom stereocenters. The molecule has 0 saturated carbocycles. The molecule has 17 heavy (non-hydrogen) atoms. The predicted molar refractivity (Wildman–Crippen MR) is 73.5 cm³/mol. The molecule has 3 nitrogen and oxygen atoms in total. The lowest BCUT2D eigenvalue weighted by Crippen LogP contribution is -2.30. The Morgan fingerprint density at radius 3 is 2.82 bits per heavy atom. The molecule has 0 aliphatic heterocycles. The smallest absolute Gasteiger partial charge is 0.0926 e. The van der Waals surface area contributed by atoms with Crippen LogP contribution in [0.1, 0.15) is 37.9 Å². The number of hydrogen-bond acceptors (Lipinski definition) is 4. The average molecular weight is 256 g/mol. The molecule has 0 aliphatic rings. The van der Waals surface area contributed by atoms with E-state index in [4.69, 9.17) is 4.74 Å². The van der Waals surface area contributed by atoms with E-state index in [1.807, 2.05) is 0 Å². The fourth-order valence-corrected chi connectivity index (χ4v) is 2.33. The first kappa shape index (κ1) is 14.6. The van der Waals surface area contributed by atoms with Crippen LogP contribution in [0.15, 0.2) is 5.38 Å². The number of thiazole rings is 1. The largest absolute Gasteiger partial charge is 0.385 e. The van der Waals surface area contributed by atoms with Crippen LogP contribution in [0.4, 0.5) is 0 Å². The Labute approximate surface area is 109 Å². The van der Waals surface area contributed by atoms with Crippen molar-refractivity contribution in [1.29, 1.82) is 0 Å². The first-order chi connectivity index (χ1) is 8.07. The summed E-state index contributed by atoms with van der Waals surface area (Å²) in [4.78, 5) is 4.54. The Bertz CT molecular complexity index is 323. The number of aryl methyl sites for hydroxylation is 1. The highest BCUT2D eigenvalue weighted by Crippen LogP contribution is 2.19. The summed E-state index contributed by atoms with van der Waals surface area (Å²) in [6.07, 6.45) is 2.11. The maximum absolute atomic E-state index is 5.12. The summed E-state index contributed by atoms with van der Waals surface area (Å²) in [5, 5.41) is 6.85. The van der Waals surface area contributed by atoms with Crippen LogP contribution in [-0.4, -0.2) is 25.2 Å². The summed E-state index contributed by atoms with van der Waals surface area (Å²) < 4.78 is 5.12. The van der Waals surface area contributed by atoms with Gasteiger partial charge in [0.05, 0.1) is 10.7 Å². The van der Waals surface area contributed by atoms with Crippen LogP contribution >= 0.6 is 11.3 Å². The van der Waals surface area contributed by atoms with Gasteiger partial charge in [0.25, 0.3) is 0 Å². The molecule has 0 bridgehead atoms. The quantitative estimate of drug-likeness (QED) is 0.776. The third-order valence-corrected chi connectivity index (χ3v) is 3.84. The Morgan fingerprint density at radius 1 is 1.47 bits per heavy atom. The van der Waals surface area contributed by atoms with Crippen LogP contribution in [0.3, 0.4) is 0 Å². The lowest BCUT2D eigenvalue weighted by Gasteiger charge is -2.24. The summed E-state index contributed by atoms with van der Waals surface area (Å²) >= 11 is 1.75. The van der Waals surface area contributed by atoms with Crippen molar-refractivity contribution in [3.63, 3.8) is 0 Å². The second kappa shape index (κ2) is 7.09. The Kier molecular flexibility index (Phi) is 6.09. The SMILES string of the molecule is CCc1nc(CNCC(C)(C)CCOC)cs1. The van der Waals surface area contributed by atoms with E-state index in [1.54, 1.807) is 18.4 Å². The van der Waals surface area contributed by atoms with E-state index in [2.05, 4.69) is 36.5 Å². The standard InChI is InChI=1S/C13H24N2OS/c1-5-12-15-11(9-17-12)8-14-10-13(2,3)6-7-16-4/h9,14H,5-8,10H2,1-4H3. The molecular weight excluding hydrogens is 232 g/mol. The lowest BCUT2D eigenvalue weighted by molar-refractivity contribution is 0.150. The van der Waals surface area contributed by atoms with Gasteiger partial charge in [-0.1, -0.05) is 20.8 Å². The van der Waals surface area contributed by atoms with E-state index < -0.39 is 0 Å². The molecular formula is C13H24N2OS. The molecule has 0 amide bonds. The normalized spacial score (nSPS) is 12.0.